The zero-order valence-corrected chi connectivity index (χ0v) is 16.5. The SMILES string of the molecule is CC1=C(C(=O)OC(C)C)[C@@H](c2cccc(F)c2)NC(=S)N1c1ccc(F)cc1. The van der Waals surface area contributed by atoms with Crippen LogP contribution in [0.2, 0.25) is 0 Å². The molecular weight excluding hydrogens is 382 g/mol. The second-order valence-electron chi connectivity index (χ2n) is 6.70. The zero-order valence-electron chi connectivity index (χ0n) is 15.7. The Morgan fingerprint density at radius 1 is 1.14 bits per heavy atom. The van der Waals surface area contributed by atoms with Gasteiger partial charge in [0.25, 0.3) is 0 Å². The molecule has 0 saturated carbocycles. The van der Waals surface area contributed by atoms with Crippen LogP contribution in [0.25, 0.3) is 0 Å². The van der Waals surface area contributed by atoms with Gasteiger partial charge in [-0.05, 0) is 75.0 Å². The minimum atomic E-state index is -0.661. The van der Waals surface area contributed by atoms with Gasteiger partial charge in [0.05, 0.1) is 17.7 Å². The Bertz CT molecular complexity index is 942. The number of esters is 1. The molecule has 2 aromatic carbocycles. The summed E-state index contributed by atoms with van der Waals surface area (Å²) in [6.07, 6.45) is -0.325. The Hall–Kier alpha value is -2.80. The van der Waals surface area contributed by atoms with Gasteiger partial charge in [-0.2, -0.15) is 0 Å². The molecular formula is C21H20F2N2O2S. The van der Waals surface area contributed by atoms with E-state index in [4.69, 9.17) is 17.0 Å². The van der Waals surface area contributed by atoms with E-state index in [-0.39, 0.29) is 11.9 Å². The lowest BCUT2D eigenvalue weighted by Crippen LogP contribution is -2.48. The Kier molecular flexibility index (Phi) is 5.74. The van der Waals surface area contributed by atoms with E-state index >= 15 is 0 Å². The molecule has 2 aromatic rings. The Balaban J connectivity index is 2.13. The minimum absolute atomic E-state index is 0.317. The monoisotopic (exact) mass is 402 g/mol. The number of anilines is 1. The maximum atomic E-state index is 13.8. The summed E-state index contributed by atoms with van der Waals surface area (Å²) in [5, 5.41) is 3.41. The summed E-state index contributed by atoms with van der Waals surface area (Å²) in [6.45, 7) is 5.24. The fourth-order valence-electron chi connectivity index (χ4n) is 3.12. The number of ether oxygens (including phenoxy) is 1. The molecule has 0 saturated heterocycles. The number of hydrogen-bond donors (Lipinski definition) is 1. The first kappa shape index (κ1) is 19.9. The first-order chi connectivity index (χ1) is 13.3. The lowest BCUT2D eigenvalue weighted by Gasteiger charge is -2.37. The predicted octanol–water partition coefficient (Wildman–Crippen LogP) is 4.63. The molecule has 7 heteroatoms. The first-order valence-corrected chi connectivity index (χ1v) is 9.22. The molecule has 1 aliphatic rings. The average molecular weight is 402 g/mol. The van der Waals surface area contributed by atoms with Gasteiger partial charge in [0.15, 0.2) is 5.11 Å². The van der Waals surface area contributed by atoms with Crippen molar-refractivity contribution in [2.24, 2.45) is 0 Å². The van der Waals surface area contributed by atoms with E-state index in [0.717, 1.165) is 0 Å². The van der Waals surface area contributed by atoms with Crippen LogP contribution in [0.1, 0.15) is 32.4 Å². The number of rotatable bonds is 4. The number of allylic oxidation sites excluding steroid dienone is 1. The zero-order chi connectivity index (χ0) is 20.4. The van der Waals surface area contributed by atoms with Gasteiger partial charge in [-0.25, -0.2) is 13.6 Å². The third-order valence-corrected chi connectivity index (χ3v) is 4.61. The predicted molar refractivity (Wildman–Crippen MR) is 108 cm³/mol. The largest absolute Gasteiger partial charge is 0.459 e. The Morgan fingerprint density at radius 3 is 2.43 bits per heavy atom. The van der Waals surface area contributed by atoms with E-state index in [2.05, 4.69) is 5.32 Å². The van der Waals surface area contributed by atoms with Crippen LogP contribution < -0.4 is 10.2 Å². The van der Waals surface area contributed by atoms with Crippen molar-refractivity contribution in [3.8, 4) is 0 Å². The topological polar surface area (TPSA) is 41.6 Å². The molecule has 0 aromatic heterocycles. The summed E-state index contributed by atoms with van der Waals surface area (Å²) in [4.78, 5) is 14.5. The highest BCUT2D eigenvalue weighted by Crippen LogP contribution is 2.34. The van der Waals surface area contributed by atoms with Crippen molar-refractivity contribution in [2.45, 2.75) is 32.9 Å². The van der Waals surface area contributed by atoms with Gasteiger partial charge in [0, 0.05) is 11.4 Å². The molecule has 1 atom stereocenters. The highest BCUT2D eigenvalue weighted by Gasteiger charge is 2.35. The summed E-state index contributed by atoms with van der Waals surface area (Å²) in [7, 11) is 0. The van der Waals surface area contributed by atoms with Gasteiger partial charge in [0.2, 0.25) is 0 Å². The summed E-state index contributed by atoms with van der Waals surface area (Å²) in [5.74, 6) is -1.32. The van der Waals surface area contributed by atoms with Crippen LogP contribution in [0, 0.1) is 11.6 Å². The van der Waals surface area contributed by atoms with Crippen molar-refractivity contribution in [2.75, 3.05) is 4.90 Å². The minimum Gasteiger partial charge on any atom is -0.459 e. The van der Waals surface area contributed by atoms with Gasteiger partial charge in [-0.1, -0.05) is 12.1 Å². The number of carbonyl (C=O) groups excluding carboxylic acids is 1. The second kappa shape index (κ2) is 8.06. The van der Waals surface area contributed by atoms with Gasteiger partial charge >= 0.3 is 5.97 Å². The van der Waals surface area contributed by atoms with Crippen LogP contribution in [0.15, 0.2) is 59.8 Å². The molecule has 0 spiro atoms. The molecule has 1 aliphatic heterocycles. The van der Waals surface area contributed by atoms with Crippen LogP contribution in [-0.2, 0) is 9.53 Å². The molecule has 0 fully saturated rings. The van der Waals surface area contributed by atoms with Gasteiger partial charge in [0.1, 0.15) is 11.6 Å². The number of nitrogens with zero attached hydrogens (tertiary/aromatic N) is 1. The van der Waals surface area contributed by atoms with E-state index in [1.165, 1.54) is 24.3 Å². The molecule has 1 heterocycles. The van der Waals surface area contributed by atoms with E-state index in [9.17, 15) is 13.6 Å². The maximum Gasteiger partial charge on any atom is 0.338 e. The molecule has 0 aliphatic carbocycles. The standard InChI is InChI=1S/C21H20F2N2O2S/c1-12(2)27-20(26)18-13(3)25(17-9-7-15(22)8-10-17)21(28)24-19(18)14-5-4-6-16(23)11-14/h4-12,19H,1-3H3,(H,24,28)/t19-/m1/s1. The van der Waals surface area contributed by atoms with E-state index in [0.29, 0.717) is 27.6 Å². The van der Waals surface area contributed by atoms with E-state index in [1.54, 1.807) is 49.9 Å². The lowest BCUT2D eigenvalue weighted by molar-refractivity contribution is -0.143. The quantitative estimate of drug-likeness (QED) is 0.597. The van der Waals surface area contributed by atoms with Crippen molar-refractivity contribution in [3.05, 3.63) is 77.0 Å². The molecule has 4 nitrogen and oxygen atoms in total. The van der Waals surface area contributed by atoms with Crippen molar-refractivity contribution >= 4 is 29.0 Å². The maximum absolute atomic E-state index is 13.8. The van der Waals surface area contributed by atoms with Gasteiger partial charge < -0.3 is 10.1 Å². The number of nitrogens with one attached hydrogen (secondary N) is 1. The van der Waals surface area contributed by atoms with Gasteiger partial charge in [-0.3, -0.25) is 4.90 Å². The van der Waals surface area contributed by atoms with Crippen molar-refractivity contribution < 1.29 is 18.3 Å². The number of halogens is 2. The molecule has 0 amide bonds. The van der Waals surface area contributed by atoms with Crippen LogP contribution in [0.5, 0.6) is 0 Å². The molecule has 1 N–H and O–H groups in total. The summed E-state index contributed by atoms with van der Waals surface area (Å²) in [6, 6.07) is 11.1. The summed E-state index contributed by atoms with van der Waals surface area (Å²) in [5.41, 5.74) is 2.01. The Morgan fingerprint density at radius 2 is 1.82 bits per heavy atom. The first-order valence-electron chi connectivity index (χ1n) is 8.81. The number of hydrogen-bond acceptors (Lipinski definition) is 3. The molecule has 28 heavy (non-hydrogen) atoms. The number of benzene rings is 2. The fourth-order valence-corrected chi connectivity index (χ4v) is 3.48. The number of thiocarbonyl (C=S) groups is 1. The van der Waals surface area contributed by atoms with Crippen LogP contribution in [0.3, 0.4) is 0 Å². The smallest absolute Gasteiger partial charge is 0.338 e. The van der Waals surface area contributed by atoms with Crippen molar-refractivity contribution in [1.29, 1.82) is 0 Å². The van der Waals surface area contributed by atoms with Crippen molar-refractivity contribution in [3.63, 3.8) is 0 Å². The van der Waals surface area contributed by atoms with E-state index < -0.39 is 17.8 Å². The Labute approximate surface area is 167 Å². The normalized spacial score (nSPS) is 17.0. The van der Waals surface area contributed by atoms with Gasteiger partial charge in [-0.15, -0.1) is 0 Å². The molecule has 0 unspecified atom stereocenters. The third-order valence-electron chi connectivity index (χ3n) is 4.31. The second-order valence-corrected chi connectivity index (χ2v) is 7.09. The lowest BCUT2D eigenvalue weighted by atomic mass is 9.94. The van der Waals surface area contributed by atoms with Crippen LogP contribution in [0.4, 0.5) is 14.5 Å². The highest BCUT2D eigenvalue weighted by atomic mass is 32.1. The van der Waals surface area contributed by atoms with Crippen LogP contribution >= 0.6 is 12.2 Å². The number of carbonyl (C=O) groups is 1. The molecule has 3 rings (SSSR count). The fraction of sp³-hybridized carbons (Fsp3) is 0.238. The van der Waals surface area contributed by atoms with E-state index in [1.807, 2.05) is 0 Å². The third kappa shape index (κ3) is 4.04. The molecule has 146 valence electrons. The summed E-state index contributed by atoms with van der Waals surface area (Å²) >= 11 is 5.50. The highest BCUT2D eigenvalue weighted by molar-refractivity contribution is 7.80. The summed E-state index contributed by atoms with van der Waals surface area (Å²) < 4.78 is 32.5. The van der Waals surface area contributed by atoms with Crippen LogP contribution in [-0.4, -0.2) is 17.2 Å². The average Bonchev–Trinajstić information content (AvgIpc) is 2.62. The molecule has 0 radical (unpaired) electrons. The molecule has 0 bridgehead atoms. The van der Waals surface area contributed by atoms with Crippen molar-refractivity contribution in [1.82, 2.24) is 5.32 Å².